The third-order valence-corrected chi connectivity index (χ3v) is 4.57. The molecule has 5 atom stereocenters. The molecule has 0 aliphatic carbocycles. The Labute approximate surface area is 119 Å². The molecule has 0 saturated carbocycles. The molecule has 1 aromatic carbocycles. The van der Waals surface area contributed by atoms with Crippen LogP contribution in [0, 0.1) is 17.8 Å². The second-order valence-corrected chi connectivity index (χ2v) is 5.49. The van der Waals surface area contributed by atoms with Gasteiger partial charge in [-0.2, -0.15) is 0 Å². The number of benzene rings is 1. The largest absolute Gasteiger partial charge is 0.370 e. The molecule has 1 aliphatic rings. The van der Waals surface area contributed by atoms with Crippen LogP contribution < -0.4 is 0 Å². The van der Waals surface area contributed by atoms with Crippen LogP contribution in [-0.4, -0.2) is 6.10 Å². The first kappa shape index (κ1) is 16.2. The molecule has 5 unspecified atom stereocenters. The van der Waals surface area contributed by atoms with Crippen LogP contribution in [0.5, 0.6) is 0 Å². The van der Waals surface area contributed by atoms with Crippen molar-refractivity contribution >= 4 is 0 Å². The minimum absolute atomic E-state index is 0.271. The van der Waals surface area contributed by atoms with E-state index in [1.165, 1.54) is 5.56 Å². The van der Waals surface area contributed by atoms with Gasteiger partial charge in [-0.1, -0.05) is 71.9 Å². The summed E-state index contributed by atoms with van der Waals surface area (Å²) in [5.74, 6) is 1.98. The standard InChI is InChI=1S/C16H24O.C2H6/c1-5-15-12(3)11(2)13(4)16(17-15)14-9-7-6-8-10-14;1-2/h6-13,15-16H,5H2,1-4H3;1-2H3. The Morgan fingerprint density at radius 3 is 2.00 bits per heavy atom. The lowest BCUT2D eigenvalue weighted by Gasteiger charge is -2.44. The van der Waals surface area contributed by atoms with Gasteiger partial charge in [0.1, 0.15) is 0 Å². The summed E-state index contributed by atoms with van der Waals surface area (Å²) >= 11 is 0. The van der Waals surface area contributed by atoms with Gasteiger partial charge >= 0.3 is 0 Å². The highest BCUT2D eigenvalue weighted by atomic mass is 16.5. The quantitative estimate of drug-likeness (QED) is 0.686. The maximum absolute atomic E-state index is 6.32. The van der Waals surface area contributed by atoms with Crippen LogP contribution in [0.25, 0.3) is 0 Å². The van der Waals surface area contributed by atoms with Gasteiger partial charge in [0.15, 0.2) is 0 Å². The van der Waals surface area contributed by atoms with Gasteiger partial charge in [0.2, 0.25) is 0 Å². The first-order valence-corrected chi connectivity index (χ1v) is 7.85. The topological polar surface area (TPSA) is 9.23 Å². The highest BCUT2D eigenvalue weighted by Gasteiger charge is 2.38. The Hall–Kier alpha value is -0.820. The summed E-state index contributed by atoms with van der Waals surface area (Å²) < 4.78 is 6.32. The summed E-state index contributed by atoms with van der Waals surface area (Å²) in [6.45, 7) is 13.3. The summed E-state index contributed by atoms with van der Waals surface area (Å²) in [4.78, 5) is 0. The predicted molar refractivity (Wildman–Crippen MR) is 83.2 cm³/mol. The van der Waals surface area contributed by atoms with Gasteiger partial charge in [-0.05, 0) is 29.7 Å². The molecule has 1 nitrogen and oxygen atoms in total. The van der Waals surface area contributed by atoms with Crippen molar-refractivity contribution in [3.8, 4) is 0 Å². The molecule has 1 heteroatoms. The van der Waals surface area contributed by atoms with Gasteiger partial charge in [-0.3, -0.25) is 0 Å². The third-order valence-electron chi connectivity index (χ3n) is 4.57. The van der Waals surface area contributed by atoms with Gasteiger partial charge < -0.3 is 4.74 Å². The average molecular weight is 262 g/mol. The van der Waals surface area contributed by atoms with E-state index in [9.17, 15) is 0 Å². The Bertz CT molecular complexity index is 344. The van der Waals surface area contributed by atoms with Crippen LogP contribution in [0.2, 0.25) is 0 Å². The molecule has 1 saturated heterocycles. The van der Waals surface area contributed by atoms with Gasteiger partial charge in [-0.15, -0.1) is 0 Å². The number of hydrogen-bond donors (Lipinski definition) is 0. The van der Waals surface area contributed by atoms with Crippen molar-refractivity contribution in [2.75, 3.05) is 0 Å². The van der Waals surface area contributed by atoms with E-state index in [1.54, 1.807) is 0 Å². The fourth-order valence-corrected chi connectivity index (χ4v) is 3.02. The molecular formula is C18H30O. The Morgan fingerprint density at radius 1 is 0.895 bits per heavy atom. The van der Waals surface area contributed by atoms with E-state index < -0.39 is 0 Å². The lowest BCUT2D eigenvalue weighted by atomic mass is 9.74. The van der Waals surface area contributed by atoms with Crippen molar-refractivity contribution < 1.29 is 4.74 Å². The molecule has 19 heavy (non-hydrogen) atoms. The first-order chi connectivity index (χ1) is 9.15. The van der Waals surface area contributed by atoms with Gasteiger partial charge in [0.25, 0.3) is 0 Å². The Balaban J connectivity index is 0.000000861. The van der Waals surface area contributed by atoms with Crippen molar-refractivity contribution in [1.82, 2.24) is 0 Å². The SMILES string of the molecule is CC.CCC1OC(c2ccccc2)C(C)C(C)C1C. The molecule has 0 amide bonds. The van der Waals surface area contributed by atoms with E-state index in [1.807, 2.05) is 13.8 Å². The van der Waals surface area contributed by atoms with E-state index in [4.69, 9.17) is 4.74 Å². The molecule has 0 aromatic heterocycles. The molecule has 0 N–H and O–H groups in total. The van der Waals surface area contributed by atoms with E-state index >= 15 is 0 Å². The molecule has 1 aromatic rings. The number of rotatable bonds is 2. The van der Waals surface area contributed by atoms with Crippen LogP contribution in [0.1, 0.15) is 59.6 Å². The molecule has 0 radical (unpaired) electrons. The molecule has 2 rings (SSSR count). The molecule has 1 aliphatic heterocycles. The average Bonchev–Trinajstić information content (AvgIpc) is 2.48. The van der Waals surface area contributed by atoms with Crippen molar-refractivity contribution in [1.29, 1.82) is 0 Å². The van der Waals surface area contributed by atoms with E-state index in [-0.39, 0.29) is 6.10 Å². The first-order valence-electron chi connectivity index (χ1n) is 7.85. The van der Waals surface area contributed by atoms with Crippen LogP contribution in [0.4, 0.5) is 0 Å². The maximum Gasteiger partial charge on any atom is 0.0856 e. The summed E-state index contributed by atoms with van der Waals surface area (Å²) in [7, 11) is 0. The second kappa shape index (κ2) is 7.69. The van der Waals surface area contributed by atoms with E-state index in [0.717, 1.165) is 12.3 Å². The molecule has 0 spiro atoms. The molecule has 0 bridgehead atoms. The molecule has 1 heterocycles. The Kier molecular flexibility index (Phi) is 6.57. The zero-order valence-corrected chi connectivity index (χ0v) is 13.4. The molecular weight excluding hydrogens is 232 g/mol. The maximum atomic E-state index is 6.32. The van der Waals surface area contributed by atoms with Crippen LogP contribution in [0.15, 0.2) is 30.3 Å². The van der Waals surface area contributed by atoms with Crippen molar-refractivity contribution in [2.24, 2.45) is 17.8 Å². The zero-order valence-electron chi connectivity index (χ0n) is 13.4. The predicted octanol–water partition coefficient (Wildman–Crippen LogP) is 5.47. The monoisotopic (exact) mass is 262 g/mol. The highest BCUT2D eigenvalue weighted by molar-refractivity contribution is 5.19. The molecule has 1 fully saturated rings. The normalized spacial score (nSPS) is 34.3. The summed E-state index contributed by atoms with van der Waals surface area (Å²) in [5.41, 5.74) is 1.33. The zero-order chi connectivity index (χ0) is 14.4. The second-order valence-electron chi connectivity index (χ2n) is 5.49. The Morgan fingerprint density at radius 2 is 1.47 bits per heavy atom. The van der Waals surface area contributed by atoms with Gasteiger partial charge in [0, 0.05) is 0 Å². The summed E-state index contributed by atoms with van der Waals surface area (Å²) in [5, 5.41) is 0. The fourth-order valence-electron chi connectivity index (χ4n) is 3.02. The van der Waals surface area contributed by atoms with Crippen LogP contribution >= 0.6 is 0 Å². The summed E-state index contributed by atoms with van der Waals surface area (Å²) in [6.07, 6.45) is 1.79. The van der Waals surface area contributed by atoms with Crippen molar-refractivity contribution in [3.05, 3.63) is 35.9 Å². The lowest BCUT2D eigenvalue weighted by molar-refractivity contribution is -0.136. The smallest absolute Gasteiger partial charge is 0.0856 e. The fraction of sp³-hybridized carbons (Fsp3) is 0.667. The van der Waals surface area contributed by atoms with Gasteiger partial charge in [-0.25, -0.2) is 0 Å². The molecule has 108 valence electrons. The lowest BCUT2D eigenvalue weighted by Crippen LogP contribution is -2.40. The van der Waals surface area contributed by atoms with E-state index in [2.05, 4.69) is 58.0 Å². The third kappa shape index (κ3) is 3.60. The van der Waals surface area contributed by atoms with Crippen LogP contribution in [-0.2, 0) is 4.74 Å². The van der Waals surface area contributed by atoms with Crippen molar-refractivity contribution in [2.45, 2.75) is 60.2 Å². The van der Waals surface area contributed by atoms with Crippen molar-refractivity contribution in [3.63, 3.8) is 0 Å². The minimum atomic E-state index is 0.271. The number of ether oxygens (including phenoxy) is 1. The highest BCUT2D eigenvalue weighted by Crippen LogP contribution is 2.43. The van der Waals surface area contributed by atoms with Crippen LogP contribution in [0.3, 0.4) is 0 Å². The number of hydrogen-bond acceptors (Lipinski definition) is 1. The van der Waals surface area contributed by atoms with E-state index in [0.29, 0.717) is 17.9 Å². The van der Waals surface area contributed by atoms with Gasteiger partial charge in [0.05, 0.1) is 12.2 Å². The summed E-state index contributed by atoms with van der Waals surface area (Å²) in [6, 6.07) is 10.7. The minimum Gasteiger partial charge on any atom is -0.370 e.